The number of phenolic OH excluding ortho intramolecular Hbond substituents is 1. The number of esters is 1. The lowest BCUT2D eigenvalue weighted by atomic mass is 10.0. The molecule has 5 heteroatoms. The van der Waals surface area contributed by atoms with Crippen LogP contribution in [0.15, 0.2) is 60.4 Å². The number of rotatable bonds is 6. The molecule has 0 aliphatic carbocycles. The molecule has 0 amide bonds. The van der Waals surface area contributed by atoms with Gasteiger partial charge >= 0.3 is 5.97 Å². The third kappa shape index (κ3) is 4.23. The van der Waals surface area contributed by atoms with Gasteiger partial charge in [-0.15, -0.1) is 0 Å². The summed E-state index contributed by atoms with van der Waals surface area (Å²) in [5.74, 6) is -0.639. The number of benzene rings is 2. The molecule has 0 aliphatic rings. The van der Waals surface area contributed by atoms with Crippen molar-refractivity contribution in [3.8, 4) is 11.5 Å². The van der Waals surface area contributed by atoms with Crippen molar-refractivity contribution >= 4 is 11.8 Å². The SMILES string of the molecule is CCOC(=O)/C(C)=C/Oc1ccc(C(=O)c2ccccc2)c(O)c1. The van der Waals surface area contributed by atoms with Crippen LogP contribution in [0, 0.1) is 0 Å². The van der Waals surface area contributed by atoms with Crippen molar-refractivity contribution < 1.29 is 24.2 Å². The van der Waals surface area contributed by atoms with E-state index in [0.29, 0.717) is 16.9 Å². The van der Waals surface area contributed by atoms with E-state index in [1.807, 2.05) is 6.07 Å². The van der Waals surface area contributed by atoms with Crippen molar-refractivity contribution in [3.63, 3.8) is 0 Å². The largest absolute Gasteiger partial charge is 0.507 e. The molecule has 0 saturated heterocycles. The number of aromatic hydroxyl groups is 1. The van der Waals surface area contributed by atoms with Gasteiger partial charge in [-0.1, -0.05) is 30.3 Å². The summed E-state index contributed by atoms with van der Waals surface area (Å²) in [6, 6.07) is 13.0. The van der Waals surface area contributed by atoms with Gasteiger partial charge < -0.3 is 14.6 Å². The topological polar surface area (TPSA) is 72.8 Å². The fraction of sp³-hybridized carbons (Fsp3) is 0.158. The molecule has 0 fully saturated rings. The van der Waals surface area contributed by atoms with Crippen molar-refractivity contribution in [2.45, 2.75) is 13.8 Å². The van der Waals surface area contributed by atoms with Crippen molar-refractivity contribution in [2.24, 2.45) is 0 Å². The van der Waals surface area contributed by atoms with Crippen LogP contribution in [0.1, 0.15) is 29.8 Å². The lowest BCUT2D eigenvalue weighted by Gasteiger charge is -2.07. The summed E-state index contributed by atoms with van der Waals surface area (Å²) in [6.45, 7) is 3.55. The summed E-state index contributed by atoms with van der Waals surface area (Å²) < 4.78 is 10.2. The van der Waals surface area contributed by atoms with Gasteiger partial charge in [0.25, 0.3) is 0 Å². The first-order chi connectivity index (χ1) is 11.5. The number of hydrogen-bond acceptors (Lipinski definition) is 5. The molecule has 0 spiro atoms. The highest BCUT2D eigenvalue weighted by atomic mass is 16.5. The van der Waals surface area contributed by atoms with Crippen molar-refractivity contribution in [1.82, 2.24) is 0 Å². The van der Waals surface area contributed by atoms with E-state index in [9.17, 15) is 14.7 Å². The monoisotopic (exact) mass is 326 g/mol. The van der Waals surface area contributed by atoms with Crippen LogP contribution in [0.4, 0.5) is 0 Å². The lowest BCUT2D eigenvalue weighted by molar-refractivity contribution is -0.138. The standard InChI is InChI=1S/C19H18O5/c1-3-23-19(22)13(2)12-24-15-9-10-16(17(20)11-15)18(21)14-7-5-4-6-8-14/h4-12,20H,3H2,1-2H3/b13-12+. The van der Waals surface area contributed by atoms with E-state index < -0.39 is 5.97 Å². The molecule has 2 aromatic carbocycles. The fourth-order valence-corrected chi connectivity index (χ4v) is 1.97. The van der Waals surface area contributed by atoms with Crippen LogP contribution in [0.5, 0.6) is 11.5 Å². The first-order valence-electron chi connectivity index (χ1n) is 7.46. The lowest BCUT2D eigenvalue weighted by Crippen LogP contribution is -2.06. The molecule has 0 unspecified atom stereocenters. The van der Waals surface area contributed by atoms with Crippen molar-refractivity contribution in [3.05, 3.63) is 71.5 Å². The van der Waals surface area contributed by atoms with E-state index in [4.69, 9.17) is 9.47 Å². The van der Waals surface area contributed by atoms with Gasteiger partial charge in [-0.05, 0) is 26.0 Å². The summed E-state index contributed by atoms with van der Waals surface area (Å²) in [6.07, 6.45) is 1.24. The Kier molecular flexibility index (Phi) is 5.73. The second-order valence-electron chi connectivity index (χ2n) is 5.01. The highest BCUT2D eigenvalue weighted by Gasteiger charge is 2.14. The van der Waals surface area contributed by atoms with E-state index in [1.54, 1.807) is 44.2 Å². The smallest absolute Gasteiger partial charge is 0.336 e. The van der Waals surface area contributed by atoms with E-state index in [0.717, 1.165) is 0 Å². The van der Waals surface area contributed by atoms with Gasteiger partial charge in [0.05, 0.1) is 17.7 Å². The average Bonchev–Trinajstić information content (AvgIpc) is 2.60. The Hall–Kier alpha value is -3.08. The molecule has 0 heterocycles. The summed E-state index contributed by atoms with van der Waals surface area (Å²) in [4.78, 5) is 23.8. The number of ether oxygens (including phenoxy) is 2. The summed E-state index contributed by atoms with van der Waals surface area (Å²) >= 11 is 0. The molecule has 24 heavy (non-hydrogen) atoms. The zero-order valence-corrected chi connectivity index (χ0v) is 13.5. The third-order valence-corrected chi connectivity index (χ3v) is 3.22. The molecule has 0 aliphatic heterocycles. The second-order valence-corrected chi connectivity index (χ2v) is 5.01. The third-order valence-electron chi connectivity index (χ3n) is 3.22. The van der Waals surface area contributed by atoms with Gasteiger partial charge in [0.1, 0.15) is 17.8 Å². The van der Waals surface area contributed by atoms with Crippen LogP contribution in [-0.4, -0.2) is 23.5 Å². The fourth-order valence-electron chi connectivity index (χ4n) is 1.97. The first-order valence-corrected chi connectivity index (χ1v) is 7.46. The van der Waals surface area contributed by atoms with Crippen LogP contribution in [-0.2, 0) is 9.53 Å². The van der Waals surface area contributed by atoms with Gasteiger partial charge in [0.15, 0.2) is 5.78 Å². The molecule has 5 nitrogen and oxygen atoms in total. The maximum Gasteiger partial charge on any atom is 0.336 e. The number of phenols is 1. The van der Waals surface area contributed by atoms with Gasteiger partial charge in [-0.3, -0.25) is 4.79 Å². The molecule has 2 aromatic rings. The number of carbonyl (C=O) groups is 2. The highest BCUT2D eigenvalue weighted by molar-refractivity contribution is 6.10. The summed E-state index contributed by atoms with van der Waals surface area (Å²) in [5.41, 5.74) is 0.958. The predicted molar refractivity (Wildman–Crippen MR) is 89.0 cm³/mol. The Morgan fingerprint density at radius 3 is 2.46 bits per heavy atom. The number of hydrogen-bond donors (Lipinski definition) is 1. The first kappa shape index (κ1) is 17.3. The van der Waals surface area contributed by atoms with Gasteiger partial charge in [0.2, 0.25) is 0 Å². The normalized spacial score (nSPS) is 11.0. The van der Waals surface area contributed by atoms with Crippen LogP contribution < -0.4 is 4.74 Å². The van der Waals surface area contributed by atoms with Crippen molar-refractivity contribution in [2.75, 3.05) is 6.61 Å². The Labute approximate surface area is 140 Å². The van der Waals surface area contributed by atoms with E-state index in [-0.39, 0.29) is 23.7 Å². The van der Waals surface area contributed by atoms with Crippen LogP contribution >= 0.6 is 0 Å². The molecule has 0 radical (unpaired) electrons. The summed E-state index contributed by atoms with van der Waals surface area (Å²) in [7, 11) is 0. The highest BCUT2D eigenvalue weighted by Crippen LogP contribution is 2.26. The summed E-state index contributed by atoms with van der Waals surface area (Å²) in [5, 5.41) is 10.1. The average molecular weight is 326 g/mol. The molecule has 0 saturated carbocycles. The number of carbonyl (C=O) groups excluding carboxylic acids is 2. The Balaban J connectivity index is 2.14. The maximum absolute atomic E-state index is 12.3. The Bertz CT molecular complexity index is 763. The van der Waals surface area contributed by atoms with Crippen LogP contribution in [0.2, 0.25) is 0 Å². The molecular weight excluding hydrogens is 308 g/mol. The van der Waals surface area contributed by atoms with E-state index in [1.165, 1.54) is 18.4 Å². The molecular formula is C19H18O5. The Morgan fingerprint density at radius 1 is 1.12 bits per heavy atom. The predicted octanol–water partition coefficient (Wildman–Crippen LogP) is 3.47. The van der Waals surface area contributed by atoms with Crippen LogP contribution in [0.3, 0.4) is 0 Å². The van der Waals surface area contributed by atoms with Gasteiger partial charge in [-0.25, -0.2) is 4.79 Å². The van der Waals surface area contributed by atoms with Crippen molar-refractivity contribution in [1.29, 1.82) is 0 Å². The molecule has 1 N–H and O–H groups in total. The van der Waals surface area contributed by atoms with Crippen LogP contribution in [0.25, 0.3) is 0 Å². The van der Waals surface area contributed by atoms with E-state index >= 15 is 0 Å². The molecule has 0 aromatic heterocycles. The van der Waals surface area contributed by atoms with Gasteiger partial charge in [-0.2, -0.15) is 0 Å². The zero-order valence-electron chi connectivity index (χ0n) is 13.5. The quantitative estimate of drug-likeness (QED) is 0.381. The second kappa shape index (κ2) is 7.97. The van der Waals surface area contributed by atoms with Gasteiger partial charge in [0, 0.05) is 11.6 Å². The van der Waals surface area contributed by atoms with E-state index in [2.05, 4.69) is 0 Å². The molecule has 124 valence electrons. The molecule has 0 bridgehead atoms. The minimum atomic E-state index is -0.474. The minimum absolute atomic E-state index is 0.180. The Morgan fingerprint density at radius 2 is 1.83 bits per heavy atom. The number of ketones is 1. The minimum Gasteiger partial charge on any atom is -0.507 e. The molecule has 2 rings (SSSR count). The maximum atomic E-state index is 12.3. The zero-order chi connectivity index (χ0) is 17.5. The molecule has 0 atom stereocenters.